The first-order valence-electron chi connectivity index (χ1n) is 13.4. The van der Waals surface area contributed by atoms with E-state index in [9.17, 15) is 15.0 Å². The van der Waals surface area contributed by atoms with Crippen LogP contribution >= 0.6 is 11.3 Å². The second-order valence-corrected chi connectivity index (χ2v) is 12.6. The zero-order chi connectivity index (χ0) is 27.7. The maximum absolute atomic E-state index is 13.2. The van der Waals surface area contributed by atoms with Crippen molar-refractivity contribution in [3.63, 3.8) is 0 Å². The normalized spacial score (nSPS) is 28.4. The summed E-state index contributed by atoms with van der Waals surface area (Å²) in [4.78, 5) is 20.6. The van der Waals surface area contributed by atoms with Gasteiger partial charge >= 0.3 is 0 Å². The Morgan fingerprint density at radius 1 is 1.26 bits per heavy atom. The molecule has 0 bridgehead atoms. The quantitative estimate of drug-likeness (QED) is 0.309. The van der Waals surface area contributed by atoms with E-state index in [2.05, 4.69) is 31.7 Å². The molecule has 0 aliphatic heterocycles. The Morgan fingerprint density at radius 2 is 2.03 bits per heavy atom. The molecule has 1 fully saturated rings. The Balaban J connectivity index is 1.70. The number of amides is 1. The van der Waals surface area contributed by atoms with Gasteiger partial charge in [-0.2, -0.15) is 0 Å². The van der Waals surface area contributed by atoms with E-state index in [0.29, 0.717) is 37.3 Å². The third-order valence-electron chi connectivity index (χ3n) is 8.88. The lowest BCUT2D eigenvalue weighted by Gasteiger charge is -2.58. The van der Waals surface area contributed by atoms with Gasteiger partial charge in [-0.05, 0) is 42.7 Å². The number of nitrogens with one attached hydrogen (secondary N) is 3. The largest absolute Gasteiger partial charge is 0.497 e. The molecule has 38 heavy (non-hydrogen) atoms. The van der Waals surface area contributed by atoms with Crippen molar-refractivity contribution < 1.29 is 29.4 Å². The SMILES string of the molecule is COc1ccc(OC)c(Nc2nc3c(s2)C[C@@H]2[C@](C)(CO)[C@H](O)CC[C@@]2(C)[C@@H]3CC(=O)NCC[NH+](C)C)c1. The van der Waals surface area contributed by atoms with Crippen molar-refractivity contribution in [2.45, 2.75) is 51.6 Å². The van der Waals surface area contributed by atoms with E-state index in [0.717, 1.165) is 34.4 Å². The highest BCUT2D eigenvalue weighted by Gasteiger charge is 2.59. The Morgan fingerprint density at radius 3 is 2.68 bits per heavy atom. The van der Waals surface area contributed by atoms with Gasteiger partial charge in [-0.1, -0.05) is 13.8 Å². The van der Waals surface area contributed by atoms with E-state index in [1.807, 2.05) is 25.1 Å². The van der Waals surface area contributed by atoms with Crippen molar-refractivity contribution in [2.24, 2.45) is 16.7 Å². The molecule has 4 rings (SSSR count). The molecule has 0 spiro atoms. The lowest BCUT2D eigenvalue weighted by molar-refractivity contribution is -0.856. The summed E-state index contributed by atoms with van der Waals surface area (Å²) in [6.45, 7) is 5.58. The van der Waals surface area contributed by atoms with Gasteiger partial charge in [0, 0.05) is 28.7 Å². The molecule has 2 aliphatic rings. The van der Waals surface area contributed by atoms with Gasteiger partial charge in [0.1, 0.15) is 11.5 Å². The Bertz CT molecular complexity index is 1140. The highest BCUT2D eigenvalue weighted by atomic mass is 32.1. The van der Waals surface area contributed by atoms with Crippen molar-refractivity contribution in [1.29, 1.82) is 0 Å². The van der Waals surface area contributed by atoms with Crippen LogP contribution in [0.1, 0.15) is 49.6 Å². The number of benzene rings is 1. The highest BCUT2D eigenvalue weighted by molar-refractivity contribution is 7.15. The number of rotatable bonds is 10. The number of carbonyl (C=O) groups is 1. The van der Waals surface area contributed by atoms with Crippen LogP contribution in [0.15, 0.2) is 18.2 Å². The van der Waals surface area contributed by atoms with Crippen LogP contribution in [0, 0.1) is 16.7 Å². The third-order valence-corrected chi connectivity index (χ3v) is 9.89. The Labute approximate surface area is 229 Å². The molecular weight excluding hydrogens is 504 g/mol. The predicted molar refractivity (Wildman–Crippen MR) is 149 cm³/mol. The molecule has 0 radical (unpaired) electrons. The summed E-state index contributed by atoms with van der Waals surface area (Å²) >= 11 is 1.57. The summed E-state index contributed by atoms with van der Waals surface area (Å²) in [7, 11) is 7.38. The van der Waals surface area contributed by atoms with Crippen LogP contribution in [-0.4, -0.2) is 75.2 Å². The number of methoxy groups -OCH3 is 2. The molecule has 0 unspecified atom stereocenters. The fraction of sp³-hybridized carbons (Fsp3) is 0.643. The molecule has 5 atom stereocenters. The number of nitrogens with zero attached hydrogens (tertiary/aromatic N) is 1. The number of aromatic nitrogens is 1. The molecule has 2 aliphatic carbocycles. The summed E-state index contributed by atoms with van der Waals surface area (Å²) in [5, 5.41) is 28.7. The fourth-order valence-corrected chi connectivity index (χ4v) is 7.52. The predicted octanol–water partition coefficient (Wildman–Crippen LogP) is 1.97. The summed E-state index contributed by atoms with van der Waals surface area (Å²) in [6.07, 6.45) is 1.81. The number of thiazole rings is 1. The standard InChI is InChI=1S/C28H42N4O5S/c1-27-10-9-23(34)28(2,16-33)22(27)15-21-25(18(27)14-24(35)29-11-12-32(3)4)31-26(38-21)30-19-13-17(36-5)7-8-20(19)37-6/h7-8,13,18,22-23,33-34H,9-12,14-16H2,1-6H3,(H,29,35)(H,30,31)/p+1/t18-,22+,23-,27+,28+/m1/s1. The molecule has 1 amide bonds. The van der Waals surface area contributed by atoms with Crippen molar-refractivity contribution in [3.05, 3.63) is 28.8 Å². The molecule has 1 saturated carbocycles. The fourth-order valence-electron chi connectivity index (χ4n) is 6.44. The number of hydrogen-bond donors (Lipinski definition) is 5. The molecule has 1 aromatic heterocycles. The van der Waals surface area contributed by atoms with Gasteiger partial charge in [0.25, 0.3) is 0 Å². The molecule has 210 valence electrons. The lowest BCUT2D eigenvalue weighted by atomic mass is 9.47. The van der Waals surface area contributed by atoms with Gasteiger partial charge in [0.2, 0.25) is 5.91 Å². The monoisotopic (exact) mass is 547 g/mol. The van der Waals surface area contributed by atoms with Crippen molar-refractivity contribution >= 4 is 28.1 Å². The maximum Gasteiger partial charge on any atom is 0.220 e. The Hall–Kier alpha value is -2.40. The first kappa shape index (κ1) is 28.6. The number of hydrogen-bond acceptors (Lipinski definition) is 8. The number of anilines is 2. The summed E-state index contributed by atoms with van der Waals surface area (Å²) in [5.41, 5.74) is 0.759. The van der Waals surface area contributed by atoms with Crippen LogP contribution in [0.25, 0.3) is 0 Å². The Kier molecular flexibility index (Phi) is 8.56. The number of quaternary nitrogens is 1. The molecule has 2 aromatic rings. The molecule has 1 heterocycles. The van der Waals surface area contributed by atoms with E-state index in [4.69, 9.17) is 14.5 Å². The third kappa shape index (κ3) is 5.36. The minimum atomic E-state index is -0.651. The lowest BCUT2D eigenvalue weighted by Crippen LogP contribution is -3.06. The van der Waals surface area contributed by atoms with Crippen LogP contribution in [0.2, 0.25) is 0 Å². The number of aliphatic hydroxyl groups excluding tert-OH is 2. The van der Waals surface area contributed by atoms with E-state index >= 15 is 0 Å². The number of fused-ring (bicyclic) bond motifs is 2. The zero-order valence-electron chi connectivity index (χ0n) is 23.4. The second kappa shape index (κ2) is 11.4. The van der Waals surface area contributed by atoms with Crippen LogP contribution in [0.5, 0.6) is 11.5 Å². The maximum atomic E-state index is 13.2. The van der Waals surface area contributed by atoms with Gasteiger partial charge in [-0.15, -0.1) is 11.3 Å². The average molecular weight is 548 g/mol. The number of ether oxygens (including phenoxy) is 2. The summed E-state index contributed by atoms with van der Waals surface area (Å²) in [5.74, 6) is 1.28. The molecule has 5 N–H and O–H groups in total. The zero-order valence-corrected chi connectivity index (χ0v) is 24.2. The minimum absolute atomic E-state index is 0.0119. The summed E-state index contributed by atoms with van der Waals surface area (Å²) < 4.78 is 10.9. The molecule has 10 heteroatoms. The van der Waals surface area contributed by atoms with E-state index in [1.165, 1.54) is 4.90 Å². The highest BCUT2D eigenvalue weighted by Crippen LogP contribution is 2.63. The van der Waals surface area contributed by atoms with E-state index < -0.39 is 11.5 Å². The molecular formula is C28H43N4O5S+. The topological polar surface area (TPSA) is 117 Å². The van der Waals surface area contributed by atoms with Crippen LogP contribution < -0.4 is 25.0 Å². The average Bonchev–Trinajstić information content (AvgIpc) is 3.29. The molecule has 1 aromatic carbocycles. The van der Waals surface area contributed by atoms with Crippen molar-refractivity contribution in [1.82, 2.24) is 10.3 Å². The summed E-state index contributed by atoms with van der Waals surface area (Å²) in [6, 6.07) is 5.56. The smallest absolute Gasteiger partial charge is 0.220 e. The van der Waals surface area contributed by atoms with E-state index in [1.54, 1.807) is 25.6 Å². The van der Waals surface area contributed by atoms with Crippen LogP contribution in [0.4, 0.5) is 10.8 Å². The first-order valence-corrected chi connectivity index (χ1v) is 14.2. The first-order chi connectivity index (χ1) is 18.0. The minimum Gasteiger partial charge on any atom is -0.497 e. The second-order valence-electron chi connectivity index (χ2n) is 11.6. The van der Waals surface area contributed by atoms with Gasteiger partial charge in [0.05, 0.1) is 65.5 Å². The van der Waals surface area contributed by atoms with Gasteiger partial charge in [-0.25, -0.2) is 4.98 Å². The molecule has 0 saturated heterocycles. The van der Waals surface area contributed by atoms with Gasteiger partial charge < -0.3 is 35.2 Å². The van der Waals surface area contributed by atoms with Crippen molar-refractivity contribution in [3.8, 4) is 11.5 Å². The van der Waals surface area contributed by atoms with Gasteiger partial charge in [-0.3, -0.25) is 4.79 Å². The molecule has 9 nitrogen and oxygen atoms in total. The van der Waals surface area contributed by atoms with Gasteiger partial charge in [0.15, 0.2) is 5.13 Å². The number of carbonyl (C=O) groups excluding carboxylic acids is 1. The van der Waals surface area contributed by atoms with Crippen LogP contribution in [0.3, 0.4) is 0 Å². The number of aliphatic hydroxyl groups is 2. The van der Waals surface area contributed by atoms with E-state index in [-0.39, 0.29) is 29.8 Å². The van der Waals surface area contributed by atoms with Crippen LogP contribution in [-0.2, 0) is 11.2 Å². The van der Waals surface area contributed by atoms with Crippen molar-refractivity contribution in [2.75, 3.05) is 53.3 Å². The number of likely N-dealkylation sites (N-methyl/N-ethyl adjacent to an activating group) is 1.